The zero-order valence-electron chi connectivity index (χ0n) is 21.9. The second kappa shape index (κ2) is 11.8. The number of amidine groups is 1. The first-order chi connectivity index (χ1) is 18.4. The van der Waals surface area contributed by atoms with Crippen molar-refractivity contribution in [3.63, 3.8) is 0 Å². The Labute approximate surface area is 228 Å². The van der Waals surface area contributed by atoms with Gasteiger partial charge in [-0.1, -0.05) is 36.4 Å². The molecular weight excluding hydrogens is 500 g/mol. The van der Waals surface area contributed by atoms with Crippen LogP contribution in [-0.4, -0.2) is 71.4 Å². The Hall–Kier alpha value is -2.95. The molecule has 1 aromatic carbocycles. The number of nitrogens with two attached hydrogens (primary N) is 2. The van der Waals surface area contributed by atoms with Crippen LogP contribution in [0.5, 0.6) is 0 Å². The highest BCUT2D eigenvalue weighted by Gasteiger charge is 2.42. The maximum atomic E-state index is 13.7. The molecule has 2 aliphatic heterocycles. The van der Waals surface area contributed by atoms with E-state index in [1.165, 1.54) is 0 Å². The van der Waals surface area contributed by atoms with Gasteiger partial charge in [-0.05, 0) is 55.5 Å². The summed E-state index contributed by atoms with van der Waals surface area (Å²) < 4.78 is 6.30. The van der Waals surface area contributed by atoms with E-state index in [0.717, 1.165) is 36.1 Å². The number of ether oxygens (including phenoxy) is 1. The molecule has 9 nitrogen and oxygen atoms in total. The number of carbonyl (C=O) groups is 2. The molecule has 1 saturated carbocycles. The van der Waals surface area contributed by atoms with Crippen LogP contribution in [0.15, 0.2) is 52.8 Å². The van der Waals surface area contributed by atoms with Gasteiger partial charge in [0.15, 0.2) is 0 Å². The van der Waals surface area contributed by atoms with Crippen molar-refractivity contribution in [2.75, 3.05) is 19.6 Å². The Morgan fingerprint density at radius 2 is 1.89 bits per heavy atom. The zero-order chi connectivity index (χ0) is 26.6. The summed E-state index contributed by atoms with van der Waals surface area (Å²) in [6, 6.07) is 13.3. The minimum Gasteiger partial charge on any atom is -0.455 e. The number of carbonyl (C=O) groups excluding carboxylic acids is 2. The minimum atomic E-state index is -0.689. The molecule has 1 unspecified atom stereocenters. The molecule has 4 atom stereocenters. The number of benzene rings is 1. The maximum Gasteiger partial charge on any atom is 0.288 e. The molecule has 2 aromatic rings. The first-order valence-electron chi connectivity index (χ1n) is 13.6. The number of piperazine rings is 1. The number of nitrogens with zero attached hydrogens (tertiary/aromatic N) is 3. The van der Waals surface area contributed by atoms with Gasteiger partial charge in [-0.25, -0.2) is 4.99 Å². The average Bonchev–Trinajstić information content (AvgIpc) is 3.61. The van der Waals surface area contributed by atoms with E-state index in [1.54, 1.807) is 16.2 Å². The number of rotatable bonds is 6. The van der Waals surface area contributed by atoms with E-state index in [4.69, 9.17) is 21.2 Å². The quantitative estimate of drug-likeness (QED) is 0.518. The third-order valence-corrected chi connectivity index (χ3v) is 8.85. The van der Waals surface area contributed by atoms with Crippen molar-refractivity contribution < 1.29 is 14.3 Å². The second-order valence-electron chi connectivity index (χ2n) is 10.6. The van der Waals surface area contributed by atoms with Crippen molar-refractivity contribution in [2.24, 2.45) is 22.4 Å². The second-order valence-corrected chi connectivity index (χ2v) is 11.6. The van der Waals surface area contributed by atoms with Gasteiger partial charge in [0.2, 0.25) is 11.8 Å². The van der Waals surface area contributed by atoms with Crippen LogP contribution < -0.4 is 16.8 Å². The van der Waals surface area contributed by atoms with Gasteiger partial charge in [-0.3, -0.25) is 9.59 Å². The highest BCUT2D eigenvalue weighted by Crippen LogP contribution is 2.31. The van der Waals surface area contributed by atoms with E-state index >= 15 is 0 Å². The van der Waals surface area contributed by atoms with Gasteiger partial charge in [0, 0.05) is 24.0 Å². The molecule has 1 aliphatic carbocycles. The highest BCUT2D eigenvalue weighted by molar-refractivity contribution is 7.09. The van der Waals surface area contributed by atoms with Crippen molar-refractivity contribution in [2.45, 2.75) is 69.4 Å². The number of nitrogens with one attached hydrogen (secondary N) is 1. The molecule has 2 amide bonds. The molecule has 0 radical (unpaired) electrons. The summed E-state index contributed by atoms with van der Waals surface area (Å²) >= 11 is 1.59. The molecule has 204 valence electrons. The molecule has 3 aliphatic rings. The molecule has 0 bridgehead atoms. The van der Waals surface area contributed by atoms with E-state index in [2.05, 4.69) is 5.32 Å². The van der Waals surface area contributed by atoms with Gasteiger partial charge in [0.05, 0.1) is 25.2 Å². The largest absolute Gasteiger partial charge is 0.455 e. The van der Waals surface area contributed by atoms with Gasteiger partial charge in [-0.15, -0.1) is 11.3 Å². The van der Waals surface area contributed by atoms with Crippen LogP contribution in [0.2, 0.25) is 0 Å². The Balaban J connectivity index is 1.30. The van der Waals surface area contributed by atoms with Gasteiger partial charge >= 0.3 is 0 Å². The van der Waals surface area contributed by atoms with Gasteiger partial charge < -0.3 is 31.3 Å². The first kappa shape index (κ1) is 26.6. The van der Waals surface area contributed by atoms with Crippen LogP contribution in [0, 0.1) is 5.92 Å². The fourth-order valence-corrected chi connectivity index (χ4v) is 6.32. The van der Waals surface area contributed by atoms with Crippen LogP contribution in [0.3, 0.4) is 0 Å². The Morgan fingerprint density at radius 1 is 1.13 bits per heavy atom. The van der Waals surface area contributed by atoms with Gasteiger partial charge in [-0.2, -0.15) is 0 Å². The molecule has 38 heavy (non-hydrogen) atoms. The maximum absolute atomic E-state index is 13.7. The van der Waals surface area contributed by atoms with Crippen LogP contribution in [0.25, 0.3) is 0 Å². The van der Waals surface area contributed by atoms with Crippen molar-refractivity contribution in [1.82, 2.24) is 15.1 Å². The number of hydrogen-bond acceptors (Lipinski definition) is 8. The van der Waals surface area contributed by atoms with Gasteiger partial charge in [0.1, 0.15) is 12.1 Å². The topological polar surface area (TPSA) is 126 Å². The molecule has 1 aromatic heterocycles. The predicted molar refractivity (Wildman–Crippen MR) is 148 cm³/mol. The molecule has 0 spiro atoms. The number of aliphatic imine (C=N–C) groups is 1. The smallest absolute Gasteiger partial charge is 0.288 e. The molecule has 3 heterocycles. The lowest BCUT2D eigenvalue weighted by Gasteiger charge is -2.42. The van der Waals surface area contributed by atoms with Gasteiger partial charge in [0.25, 0.3) is 6.02 Å². The normalized spacial score (nSPS) is 28.4. The summed E-state index contributed by atoms with van der Waals surface area (Å²) in [6.07, 6.45) is 3.26. The van der Waals surface area contributed by atoms with Crippen LogP contribution in [-0.2, 0) is 20.9 Å². The SMILES string of the molecule is C[C@@H]1N=C(N2CCN(C(=O)[C@H](N)[C@H]3CC[C@H](N)CC3)[C@H](C(=O)NCc3cccs3)C2)OC1c1ccccc1. The Bertz CT molecular complexity index is 1120. The van der Waals surface area contributed by atoms with E-state index in [1.807, 2.05) is 59.7 Å². The lowest BCUT2D eigenvalue weighted by atomic mass is 9.81. The van der Waals surface area contributed by atoms with E-state index < -0.39 is 12.1 Å². The summed E-state index contributed by atoms with van der Waals surface area (Å²) in [7, 11) is 0. The van der Waals surface area contributed by atoms with Crippen LogP contribution in [0.4, 0.5) is 0 Å². The highest BCUT2D eigenvalue weighted by atomic mass is 32.1. The minimum absolute atomic E-state index is 0.0516. The van der Waals surface area contributed by atoms with Crippen LogP contribution >= 0.6 is 11.3 Å². The molecule has 5 rings (SSSR count). The van der Waals surface area contributed by atoms with Crippen molar-refractivity contribution >= 4 is 29.2 Å². The number of hydrogen-bond donors (Lipinski definition) is 3. The first-order valence-corrected chi connectivity index (χ1v) is 14.4. The standard InChI is InChI=1S/C28H38N6O3S/c1-18-25(20-6-3-2-4-7-20)37-28(32-18)33-13-14-34(27(36)24(30)19-9-11-21(29)12-10-19)23(17-33)26(35)31-16-22-8-5-15-38-22/h2-8,15,18-19,21,23-25H,9-14,16-17,29-30H2,1H3,(H,31,35)/t18-,19-,21-,23-,24+,25?/m0/s1. The summed E-state index contributed by atoms with van der Waals surface area (Å²) in [5, 5.41) is 5.01. The van der Waals surface area contributed by atoms with Crippen molar-refractivity contribution in [3.8, 4) is 0 Å². The zero-order valence-corrected chi connectivity index (χ0v) is 22.7. The average molecular weight is 539 g/mol. The van der Waals surface area contributed by atoms with Crippen molar-refractivity contribution in [1.29, 1.82) is 0 Å². The summed E-state index contributed by atoms with van der Waals surface area (Å²) in [5.41, 5.74) is 13.6. The monoisotopic (exact) mass is 538 g/mol. The predicted octanol–water partition coefficient (Wildman–Crippen LogP) is 2.24. The summed E-state index contributed by atoms with van der Waals surface area (Å²) in [5.74, 6) is -0.267. The summed E-state index contributed by atoms with van der Waals surface area (Å²) in [4.78, 5) is 36.7. The number of amides is 2. The molecule has 2 fully saturated rings. The molecule has 10 heteroatoms. The fourth-order valence-electron chi connectivity index (χ4n) is 5.68. The number of thiophene rings is 1. The summed E-state index contributed by atoms with van der Waals surface area (Å²) in [6.45, 7) is 3.66. The van der Waals surface area contributed by atoms with E-state index in [-0.39, 0.29) is 35.9 Å². The Kier molecular flexibility index (Phi) is 8.30. The van der Waals surface area contributed by atoms with Crippen molar-refractivity contribution in [3.05, 3.63) is 58.3 Å². The lowest BCUT2D eigenvalue weighted by Crippen LogP contribution is -2.64. The Morgan fingerprint density at radius 3 is 2.61 bits per heavy atom. The fraction of sp³-hybridized carbons (Fsp3) is 0.536. The third-order valence-electron chi connectivity index (χ3n) is 7.98. The molecule has 5 N–H and O–H groups in total. The van der Waals surface area contributed by atoms with E-state index in [0.29, 0.717) is 32.2 Å². The molecule has 1 saturated heterocycles. The van der Waals surface area contributed by atoms with Crippen LogP contribution in [0.1, 0.15) is 49.2 Å². The third kappa shape index (κ3) is 5.87. The molecular formula is C28H38N6O3S. The lowest BCUT2D eigenvalue weighted by molar-refractivity contribution is -0.145. The van der Waals surface area contributed by atoms with E-state index in [9.17, 15) is 9.59 Å².